The number of carbonyl (C=O) groups is 1. The smallest absolute Gasteiger partial charge is 0.416 e. The first-order valence-electron chi connectivity index (χ1n) is 5.46. The maximum absolute atomic E-state index is 12.5. The average Bonchev–Trinajstić information content (AvgIpc) is 2.27. The molecule has 1 rings (SSSR count). The average molecular weight is 261 g/mol. The zero-order valence-electron chi connectivity index (χ0n) is 10.0. The highest BCUT2D eigenvalue weighted by Crippen LogP contribution is 2.32. The summed E-state index contributed by atoms with van der Waals surface area (Å²) in [4.78, 5) is 10.9. The van der Waals surface area contributed by atoms with E-state index in [2.05, 4.69) is 5.32 Å². The van der Waals surface area contributed by atoms with Crippen molar-refractivity contribution in [1.82, 2.24) is 0 Å². The number of carboxylic acids is 1. The third-order valence-corrected chi connectivity index (χ3v) is 2.59. The minimum Gasteiger partial charge on any atom is -0.478 e. The lowest BCUT2D eigenvalue weighted by Crippen LogP contribution is -2.17. The topological polar surface area (TPSA) is 49.3 Å². The van der Waals surface area contributed by atoms with Crippen LogP contribution in [0.4, 0.5) is 18.9 Å². The van der Waals surface area contributed by atoms with Crippen LogP contribution in [0.15, 0.2) is 18.2 Å². The lowest BCUT2D eigenvalue weighted by Gasteiger charge is -2.17. The molecule has 0 aromatic heterocycles. The summed E-state index contributed by atoms with van der Waals surface area (Å²) in [6.45, 7) is 3.62. The molecule has 0 amide bonds. The summed E-state index contributed by atoms with van der Waals surface area (Å²) >= 11 is 0. The van der Waals surface area contributed by atoms with E-state index in [0.29, 0.717) is 6.42 Å². The van der Waals surface area contributed by atoms with E-state index in [9.17, 15) is 18.0 Å². The van der Waals surface area contributed by atoms with E-state index in [-0.39, 0.29) is 17.3 Å². The van der Waals surface area contributed by atoms with E-state index in [1.54, 1.807) is 6.92 Å². The van der Waals surface area contributed by atoms with Gasteiger partial charge >= 0.3 is 12.1 Å². The molecule has 0 heterocycles. The molecular formula is C12H14F3NO2. The van der Waals surface area contributed by atoms with Crippen LogP contribution >= 0.6 is 0 Å². The van der Waals surface area contributed by atoms with E-state index in [1.807, 2.05) is 6.92 Å². The molecule has 1 aromatic rings. The van der Waals surface area contributed by atoms with Crippen molar-refractivity contribution >= 4 is 11.7 Å². The molecule has 1 atom stereocenters. The number of benzene rings is 1. The van der Waals surface area contributed by atoms with E-state index in [0.717, 1.165) is 18.2 Å². The largest absolute Gasteiger partial charge is 0.478 e. The SMILES string of the molecule is CCC(C)Nc1cc(C(F)(F)F)ccc1C(=O)O. The highest BCUT2D eigenvalue weighted by atomic mass is 19.4. The summed E-state index contributed by atoms with van der Waals surface area (Å²) in [7, 11) is 0. The summed E-state index contributed by atoms with van der Waals surface area (Å²) < 4.78 is 37.6. The van der Waals surface area contributed by atoms with Gasteiger partial charge in [-0.1, -0.05) is 6.92 Å². The Morgan fingerprint density at radius 2 is 2.06 bits per heavy atom. The Morgan fingerprint density at radius 3 is 2.50 bits per heavy atom. The van der Waals surface area contributed by atoms with Crippen LogP contribution in [0.1, 0.15) is 36.2 Å². The van der Waals surface area contributed by atoms with Gasteiger partial charge in [0.25, 0.3) is 0 Å². The lowest BCUT2D eigenvalue weighted by molar-refractivity contribution is -0.137. The van der Waals surface area contributed by atoms with Crippen molar-refractivity contribution in [3.63, 3.8) is 0 Å². The molecule has 0 aliphatic heterocycles. The molecule has 0 fully saturated rings. The molecule has 100 valence electrons. The number of halogens is 3. The van der Waals surface area contributed by atoms with Gasteiger partial charge in [0.2, 0.25) is 0 Å². The molecule has 3 nitrogen and oxygen atoms in total. The highest BCUT2D eigenvalue weighted by Gasteiger charge is 2.31. The van der Waals surface area contributed by atoms with Crippen molar-refractivity contribution in [2.24, 2.45) is 0 Å². The number of alkyl halides is 3. The van der Waals surface area contributed by atoms with Gasteiger partial charge in [0.05, 0.1) is 11.1 Å². The van der Waals surface area contributed by atoms with Gasteiger partial charge in [0, 0.05) is 11.7 Å². The van der Waals surface area contributed by atoms with Crippen molar-refractivity contribution in [2.75, 3.05) is 5.32 Å². The monoisotopic (exact) mass is 261 g/mol. The molecule has 0 spiro atoms. The minimum absolute atomic E-state index is 0.00771. The molecule has 0 saturated heterocycles. The normalized spacial score (nSPS) is 13.2. The molecule has 0 aliphatic rings. The molecule has 2 N–H and O–H groups in total. The van der Waals surface area contributed by atoms with Crippen molar-refractivity contribution in [1.29, 1.82) is 0 Å². The molecule has 1 unspecified atom stereocenters. The van der Waals surface area contributed by atoms with Crippen molar-refractivity contribution in [2.45, 2.75) is 32.5 Å². The van der Waals surface area contributed by atoms with Crippen molar-refractivity contribution in [3.8, 4) is 0 Å². The maximum Gasteiger partial charge on any atom is 0.416 e. The summed E-state index contributed by atoms with van der Waals surface area (Å²) in [6, 6.07) is 2.46. The number of hydrogen-bond donors (Lipinski definition) is 2. The quantitative estimate of drug-likeness (QED) is 0.870. The lowest BCUT2D eigenvalue weighted by atomic mass is 10.1. The summed E-state index contributed by atoms with van der Waals surface area (Å²) in [5.41, 5.74) is -1.03. The summed E-state index contributed by atoms with van der Waals surface area (Å²) in [5, 5.41) is 11.7. The third-order valence-electron chi connectivity index (χ3n) is 2.59. The van der Waals surface area contributed by atoms with Crippen LogP contribution in [0.25, 0.3) is 0 Å². The Bertz CT molecular complexity index is 443. The fraction of sp³-hybridized carbons (Fsp3) is 0.417. The Labute approximate surface area is 103 Å². The van der Waals surface area contributed by atoms with Gasteiger partial charge in [-0.15, -0.1) is 0 Å². The first-order valence-corrected chi connectivity index (χ1v) is 5.46. The molecule has 1 aromatic carbocycles. The van der Waals surface area contributed by atoms with Gasteiger partial charge in [0.15, 0.2) is 0 Å². The Hall–Kier alpha value is -1.72. The molecular weight excluding hydrogens is 247 g/mol. The zero-order chi connectivity index (χ0) is 13.9. The molecule has 0 saturated carbocycles. The maximum atomic E-state index is 12.5. The zero-order valence-corrected chi connectivity index (χ0v) is 10.0. The van der Waals surface area contributed by atoms with Gasteiger partial charge in [-0.3, -0.25) is 0 Å². The number of aromatic carboxylic acids is 1. The second-order valence-corrected chi connectivity index (χ2v) is 4.02. The van der Waals surface area contributed by atoms with Crippen LogP contribution in [0.2, 0.25) is 0 Å². The number of hydrogen-bond acceptors (Lipinski definition) is 2. The van der Waals surface area contributed by atoms with E-state index in [4.69, 9.17) is 5.11 Å². The second-order valence-electron chi connectivity index (χ2n) is 4.02. The summed E-state index contributed by atoms with van der Waals surface area (Å²) in [5.74, 6) is -1.26. The van der Waals surface area contributed by atoms with Crippen LogP contribution in [-0.4, -0.2) is 17.1 Å². The van der Waals surface area contributed by atoms with Crippen LogP contribution < -0.4 is 5.32 Å². The van der Waals surface area contributed by atoms with Crippen LogP contribution in [-0.2, 0) is 6.18 Å². The van der Waals surface area contributed by atoms with Crippen molar-refractivity contribution in [3.05, 3.63) is 29.3 Å². The van der Waals surface area contributed by atoms with Crippen LogP contribution in [0.3, 0.4) is 0 Å². The first-order chi connectivity index (χ1) is 8.25. The fourth-order valence-corrected chi connectivity index (χ4v) is 1.39. The standard InChI is InChI=1S/C12H14F3NO2/c1-3-7(2)16-10-6-8(12(13,14)15)4-5-9(10)11(17)18/h4-7,16H,3H2,1-2H3,(H,17,18). The van der Waals surface area contributed by atoms with Gasteiger partial charge in [-0.25, -0.2) is 4.79 Å². The Kier molecular flexibility index (Phi) is 4.21. The number of rotatable bonds is 4. The fourth-order valence-electron chi connectivity index (χ4n) is 1.39. The van der Waals surface area contributed by atoms with Gasteiger partial charge < -0.3 is 10.4 Å². The molecule has 0 radical (unpaired) electrons. The number of nitrogens with one attached hydrogen (secondary N) is 1. The van der Waals surface area contributed by atoms with Gasteiger partial charge in [0.1, 0.15) is 0 Å². The number of carboxylic acid groups (broad SMARTS) is 1. The molecule has 0 bridgehead atoms. The van der Waals surface area contributed by atoms with Crippen molar-refractivity contribution < 1.29 is 23.1 Å². The molecule has 18 heavy (non-hydrogen) atoms. The van der Waals surface area contributed by atoms with Gasteiger partial charge in [-0.2, -0.15) is 13.2 Å². The minimum atomic E-state index is -4.48. The first kappa shape index (κ1) is 14.3. The highest BCUT2D eigenvalue weighted by molar-refractivity contribution is 5.94. The Balaban J connectivity index is 3.20. The predicted molar refractivity (Wildman–Crippen MR) is 61.8 cm³/mol. The molecule has 0 aliphatic carbocycles. The molecule has 6 heteroatoms. The van der Waals surface area contributed by atoms with Crippen LogP contribution in [0.5, 0.6) is 0 Å². The van der Waals surface area contributed by atoms with E-state index in [1.165, 1.54) is 0 Å². The second kappa shape index (κ2) is 5.29. The Morgan fingerprint density at radius 1 is 1.44 bits per heavy atom. The number of anilines is 1. The van der Waals surface area contributed by atoms with Crippen LogP contribution in [0, 0.1) is 0 Å². The van der Waals surface area contributed by atoms with E-state index >= 15 is 0 Å². The van der Waals surface area contributed by atoms with Gasteiger partial charge in [-0.05, 0) is 31.5 Å². The predicted octanol–water partition coefficient (Wildman–Crippen LogP) is 3.61. The summed E-state index contributed by atoms with van der Waals surface area (Å²) in [6.07, 6.45) is -3.81. The van der Waals surface area contributed by atoms with E-state index < -0.39 is 17.7 Å². The third kappa shape index (κ3) is 3.38.